The first kappa shape index (κ1) is 15.3. The molecule has 5 heteroatoms. The van der Waals surface area contributed by atoms with Crippen molar-refractivity contribution in [1.82, 2.24) is 9.55 Å². The van der Waals surface area contributed by atoms with Gasteiger partial charge in [0.15, 0.2) is 0 Å². The molecular formula is C16H21N3O2. The van der Waals surface area contributed by atoms with Crippen molar-refractivity contribution in [3.8, 4) is 0 Å². The first-order valence-electron chi connectivity index (χ1n) is 7.05. The fourth-order valence-electron chi connectivity index (χ4n) is 2.21. The van der Waals surface area contributed by atoms with Crippen molar-refractivity contribution >= 4 is 11.6 Å². The zero-order valence-electron chi connectivity index (χ0n) is 12.7. The number of para-hydroxylation sites is 1. The number of methoxy groups -OCH3 is 1. The predicted octanol–water partition coefficient (Wildman–Crippen LogP) is 2.60. The number of aryl methyl sites for hydroxylation is 1. The van der Waals surface area contributed by atoms with Crippen LogP contribution >= 0.6 is 0 Å². The first-order chi connectivity index (χ1) is 10.2. The molecule has 0 aliphatic rings. The van der Waals surface area contributed by atoms with Crippen LogP contribution in [0.25, 0.3) is 0 Å². The molecule has 0 aliphatic carbocycles. The summed E-state index contributed by atoms with van der Waals surface area (Å²) in [5, 5.41) is 2.95. The molecule has 112 valence electrons. The highest BCUT2D eigenvalue weighted by atomic mass is 16.5. The number of nitrogens with zero attached hydrogens (tertiary/aromatic N) is 2. The smallest absolute Gasteiger partial charge is 0.253 e. The van der Waals surface area contributed by atoms with E-state index in [1.807, 2.05) is 48.9 Å². The monoisotopic (exact) mass is 287 g/mol. The van der Waals surface area contributed by atoms with Crippen LogP contribution in [0.2, 0.25) is 0 Å². The summed E-state index contributed by atoms with van der Waals surface area (Å²) in [5.41, 5.74) is 1.85. The predicted molar refractivity (Wildman–Crippen MR) is 82.2 cm³/mol. The lowest BCUT2D eigenvalue weighted by Gasteiger charge is -2.16. The average Bonchev–Trinajstić information content (AvgIpc) is 2.88. The molecule has 1 aromatic carbocycles. The number of imidazole rings is 1. The second-order valence-electron chi connectivity index (χ2n) is 4.88. The van der Waals surface area contributed by atoms with Crippen molar-refractivity contribution in [2.24, 2.45) is 0 Å². The topological polar surface area (TPSA) is 56.1 Å². The SMILES string of the molecule is CCC(OC)C(=O)Nc1ccccc1Cn1ccnc1C. The van der Waals surface area contributed by atoms with Crippen LogP contribution in [0.3, 0.4) is 0 Å². The van der Waals surface area contributed by atoms with Crippen molar-refractivity contribution in [2.45, 2.75) is 32.9 Å². The normalized spacial score (nSPS) is 12.1. The minimum Gasteiger partial charge on any atom is -0.372 e. The highest BCUT2D eigenvalue weighted by Crippen LogP contribution is 2.18. The summed E-state index contributed by atoms with van der Waals surface area (Å²) in [7, 11) is 1.55. The Balaban J connectivity index is 2.17. The molecule has 0 spiro atoms. The van der Waals surface area contributed by atoms with Gasteiger partial charge in [-0.2, -0.15) is 0 Å². The second-order valence-corrected chi connectivity index (χ2v) is 4.88. The highest BCUT2D eigenvalue weighted by molar-refractivity contribution is 5.94. The quantitative estimate of drug-likeness (QED) is 0.888. The molecule has 2 rings (SSSR count). The minimum atomic E-state index is -0.423. The third kappa shape index (κ3) is 3.70. The Morgan fingerprint density at radius 3 is 2.81 bits per heavy atom. The number of hydrogen-bond acceptors (Lipinski definition) is 3. The van der Waals surface area contributed by atoms with Crippen LogP contribution in [-0.2, 0) is 16.1 Å². The van der Waals surface area contributed by atoms with E-state index in [1.54, 1.807) is 13.3 Å². The summed E-state index contributed by atoms with van der Waals surface area (Å²) < 4.78 is 7.21. The van der Waals surface area contributed by atoms with E-state index in [1.165, 1.54) is 0 Å². The Labute approximate surface area is 125 Å². The molecule has 0 saturated carbocycles. The van der Waals surface area contributed by atoms with E-state index < -0.39 is 6.10 Å². The standard InChI is InChI=1S/C16H21N3O2/c1-4-15(21-3)16(20)18-14-8-6-5-7-13(14)11-19-10-9-17-12(19)2/h5-10,15H,4,11H2,1-3H3,(H,18,20). The molecule has 5 nitrogen and oxygen atoms in total. The molecule has 0 fully saturated rings. The van der Waals surface area contributed by atoms with Gasteiger partial charge in [-0.15, -0.1) is 0 Å². The number of carbonyl (C=O) groups excluding carboxylic acids is 1. The van der Waals surface area contributed by atoms with Gasteiger partial charge in [-0.3, -0.25) is 4.79 Å². The lowest BCUT2D eigenvalue weighted by molar-refractivity contribution is -0.125. The fourth-order valence-corrected chi connectivity index (χ4v) is 2.21. The van der Waals surface area contributed by atoms with Gasteiger partial charge in [0.05, 0.1) is 6.54 Å². The summed E-state index contributed by atoms with van der Waals surface area (Å²) >= 11 is 0. The number of ether oxygens (including phenoxy) is 1. The van der Waals surface area contributed by atoms with Crippen LogP contribution in [0.15, 0.2) is 36.7 Å². The Bertz CT molecular complexity index is 603. The van der Waals surface area contributed by atoms with Crippen LogP contribution in [-0.4, -0.2) is 28.7 Å². The van der Waals surface area contributed by atoms with Gasteiger partial charge in [0.1, 0.15) is 11.9 Å². The van der Waals surface area contributed by atoms with Gasteiger partial charge < -0.3 is 14.6 Å². The van der Waals surface area contributed by atoms with Gasteiger partial charge in [0.25, 0.3) is 5.91 Å². The summed E-state index contributed by atoms with van der Waals surface area (Å²) in [5.74, 6) is 0.828. The molecule has 1 aromatic heterocycles. The van der Waals surface area contributed by atoms with Crippen molar-refractivity contribution in [3.63, 3.8) is 0 Å². The van der Waals surface area contributed by atoms with Gasteiger partial charge in [-0.05, 0) is 25.0 Å². The van der Waals surface area contributed by atoms with E-state index in [0.717, 1.165) is 17.1 Å². The molecule has 1 atom stereocenters. The third-order valence-electron chi connectivity index (χ3n) is 3.49. The van der Waals surface area contributed by atoms with Crippen molar-refractivity contribution in [1.29, 1.82) is 0 Å². The van der Waals surface area contributed by atoms with Gasteiger partial charge in [0, 0.05) is 25.2 Å². The molecule has 0 bridgehead atoms. The molecule has 0 aliphatic heterocycles. The van der Waals surface area contributed by atoms with E-state index in [-0.39, 0.29) is 5.91 Å². The van der Waals surface area contributed by atoms with E-state index in [2.05, 4.69) is 10.3 Å². The van der Waals surface area contributed by atoms with Gasteiger partial charge >= 0.3 is 0 Å². The number of rotatable bonds is 6. The maximum atomic E-state index is 12.1. The summed E-state index contributed by atoms with van der Waals surface area (Å²) in [6.07, 6.45) is 3.92. The minimum absolute atomic E-state index is 0.116. The Kier molecular flexibility index (Phi) is 5.11. The molecule has 1 N–H and O–H groups in total. The number of nitrogens with one attached hydrogen (secondary N) is 1. The largest absolute Gasteiger partial charge is 0.372 e. The number of aromatic nitrogens is 2. The number of carbonyl (C=O) groups is 1. The van der Waals surface area contributed by atoms with Crippen molar-refractivity contribution in [3.05, 3.63) is 48.0 Å². The molecule has 1 unspecified atom stereocenters. The van der Waals surface area contributed by atoms with Gasteiger partial charge in [0.2, 0.25) is 0 Å². The molecule has 0 radical (unpaired) electrons. The molecule has 2 aromatic rings. The maximum absolute atomic E-state index is 12.1. The molecule has 0 saturated heterocycles. The van der Waals surface area contributed by atoms with E-state index in [9.17, 15) is 4.79 Å². The molecule has 1 heterocycles. The Morgan fingerprint density at radius 1 is 1.43 bits per heavy atom. The summed E-state index contributed by atoms with van der Waals surface area (Å²) in [6, 6.07) is 7.78. The average molecular weight is 287 g/mol. The van der Waals surface area contributed by atoms with Crippen molar-refractivity contribution < 1.29 is 9.53 Å². The molecule has 21 heavy (non-hydrogen) atoms. The Morgan fingerprint density at radius 2 is 2.19 bits per heavy atom. The third-order valence-corrected chi connectivity index (χ3v) is 3.49. The number of amides is 1. The fraction of sp³-hybridized carbons (Fsp3) is 0.375. The molecule has 1 amide bonds. The lowest BCUT2D eigenvalue weighted by atomic mass is 10.1. The van der Waals surface area contributed by atoms with Gasteiger partial charge in [-0.25, -0.2) is 4.98 Å². The highest BCUT2D eigenvalue weighted by Gasteiger charge is 2.16. The van der Waals surface area contributed by atoms with Gasteiger partial charge in [-0.1, -0.05) is 25.1 Å². The zero-order chi connectivity index (χ0) is 15.2. The van der Waals surface area contributed by atoms with E-state index in [0.29, 0.717) is 13.0 Å². The van der Waals surface area contributed by atoms with E-state index in [4.69, 9.17) is 4.74 Å². The number of hydrogen-bond donors (Lipinski definition) is 1. The maximum Gasteiger partial charge on any atom is 0.253 e. The molecular weight excluding hydrogens is 266 g/mol. The van der Waals surface area contributed by atoms with Crippen LogP contribution in [0.5, 0.6) is 0 Å². The summed E-state index contributed by atoms with van der Waals surface area (Å²) in [6.45, 7) is 4.56. The second kappa shape index (κ2) is 7.04. The zero-order valence-corrected chi connectivity index (χ0v) is 12.7. The van der Waals surface area contributed by atoms with Crippen LogP contribution in [0.4, 0.5) is 5.69 Å². The summed E-state index contributed by atoms with van der Waals surface area (Å²) in [4.78, 5) is 16.4. The number of anilines is 1. The van der Waals surface area contributed by atoms with Crippen molar-refractivity contribution in [2.75, 3.05) is 12.4 Å². The van der Waals surface area contributed by atoms with Crippen LogP contribution in [0.1, 0.15) is 24.7 Å². The van der Waals surface area contributed by atoms with E-state index >= 15 is 0 Å². The van der Waals surface area contributed by atoms with Crippen LogP contribution < -0.4 is 5.32 Å². The van der Waals surface area contributed by atoms with Crippen LogP contribution in [0, 0.1) is 6.92 Å². The number of benzene rings is 1. The Hall–Kier alpha value is -2.14. The first-order valence-corrected chi connectivity index (χ1v) is 7.05. The lowest BCUT2D eigenvalue weighted by Crippen LogP contribution is -2.29.